The summed E-state index contributed by atoms with van der Waals surface area (Å²) >= 11 is 0. The van der Waals surface area contributed by atoms with Crippen molar-refractivity contribution >= 4 is 46.8 Å². The Labute approximate surface area is 514 Å². The maximum Gasteiger partial charge on any atom is 1.00 e. The summed E-state index contributed by atoms with van der Waals surface area (Å²) in [4.78, 5) is 83.7. The third-order valence-electron chi connectivity index (χ3n) is 12.1. The minimum absolute atomic E-state index is 0. The number of amides is 2. The first-order valence-electron chi connectivity index (χ1n) is 26.5. The fourth-order valence-corrected chi connectivity index (χ4v) is 8.24. The van der Waals surface area contributed by atoms with Gasteiger partial charge in [0.1, 0.15) is 11.2 Å². The molecular weight excluding hydrogens is 1080 g/mol. The molecule has 0 bridgehead atoms. The number of carbonyl (C=O) groups excluding carboxylic acids is 5. The number of carbonyl (C=O) groups is 5. The summed E-state index contributed by atoms with van der Waals surface area (Å²) in [5, 5.41) is 17.1. The van der Waals surface area contributed by atoms with E-state index < -0.39 is 35.0 Å². The SMILES string of the molecule is CC(C)(C)OC(=O)c1ccc(-c2ccccn2)cc1N.CC(C)(C)OC(=O)c1ccc(-c2ccccn2)cc1NC(=O)c1cncc(-c2ccccc2)c1.O=C(Nc1cc(-c2ccccn2)ccc1C(=O)[O-])c1cncc(-c2ccccc2)c1.[Na+]. The Kier molecular flexibility index (Phi) is 21.2. The van der Waals surface area contributed by atoms with Gasteiger partial charge in [0.25, 0.3) is 11.8 Å². The van der Waals surface area contributed by atoms with Gasteiger partial charge in [-0.15, -0.1) is 0 Å². The molecule has 0 spiro atoms. The first-order chi connectivity index (χ1) is 40.3. The van der Waals surface area contributed by atoms with E-state index in [1.54, 1.807) is 118 Å². The van der Waals surface area contributed by atoms with Crippen LogP contribution >= 0.6 is 0 Å². The Hall–Kier alpha value is -10.0. The summed E-state index contributed by atoms with van der Waals surface area (Å²) in [5.41, 5.74) is 14.8. The number of pyridine rings is 5. The molecule has 0 aliphatic carbocycles. The van der Waals surface area contributed by atoms with E-state index in [1.807, 2.05) is 130 Å². The van der Waals surface area contributed by atoms with Gasteiger partial charge in [-0.25, -0.2) is 9.59 Å². The molecule has 0 atom stereocenters. The van der Waals surface area contributed by atoms with Crippen molar-refractivity contribution in [2.24, 2.45) is 0 Å². The molecule has 5 aromatic heterocycles. The van der Waals surface area contributed by atoms with Crippen molar-refractivity contribution in [3.63, 3.8) is 0 Å². The van der Waals surface area contributed by atoms with Crippen LogP contribution in [0.25, 0.3) is 56.0 Å². The van der Waals surface area contributed by atoms with Crippen molar-refractivity contribution in [2.45, 2.75) is 52.7 Å². The van der Waals surface area contributed by atoms with Gasteiger partial charge in [-0.2, -0.15) is 0 Å². The summed E-state index contributed by atoms with van der Waals surface area (Å²) in [5.74, 6) is -3.17. The van der Waals surface area contributed by atoms with Gasteiger partial charge < -0.3 is 35.7 Å². The van der Waals surface area contributed by atoms with E-state index in [1.165, 1.54) is 18.5 Å². The molecule has 16 nitrogen and oxygen atoms in total. The average molecular weight is 1140 g/mol. The van der Waals surface area contributed by atoms with Gasteiger partial charge in [-0.05, 0) is 132 Å². The number of rotatable bonds is 12. The van der Waals surface area contributed by atoms with Crippen LogP contribution in [0.2, 0.25) is 0 Å². The molecule has 10 aromatic rings. The number of aromatic carboxylic acids is 1. The Morgan fingerprint density at radius 3 is 1.15 bits per heavy atom. The van der Waals surface area contributed by atoms with E-state index in [9.17, 15) is 29.1 Å². The van der Waals surface area contributed by atoms with Crippen LogP contribution in [0, 0.1) is 0 Å². The number of hydrogen-bond acceptors (Lipinski definition) is 14. The number of aromatic nitrogens is 5. The second kappa shape index (κ2) is 28.8. The van der Waals surface area contributed by atoms with Gasteiger partial charge in [0.05, 0.1) is 56.7 Å². The van der Waals surface area contributed by atoms with Gasteiger partial charge in [-0.3, -0.25) is 34.5 Å². The molecule has 420 valence electrons. The number of nitrogens with one attached hydrogen (secondary N) is 2. The van der Waals surface area contributed by atoms with Crippen LogP contribution < -0.4 is 51.0 Å². The first-order valence-corrected chi connectivity index (χ1v) is 26.5. The van der Waals surface area contributed by atoms with E-state index in [0.717, 1.165) is 44.8 Å². The van der Waals surface area contributed by atoms with Crippen molar-refractivity contribution in [1.29, 1.82) is 0 Å². The summed E-state index contributed by atoms with van der Waals surface area (Å²) in [6.07, 6.45) is 11.4. The molecule has 85 heavy (non-hydrogen) atoms. The number of benzene rings is 5. The summed E-state index contributed by atoms with van der Waals surface area (Å²) in [6.45, 7) is 10.9. The number of carboxylic acid groups (broad SMARTS) is 1. The van der Waals surface area contributed by atoms with Crippen LogP contribution in [0.5, 0.6) is 0 Å². The number of nitrogens with zero attached hydrogens (tertiary/aromatic N) is 5. The fraction of sp³-hybridized carbons (Fsp3) is 0.118. The third kappa shape index (κ3) is 17.8. The fourth-order valence-electron chi connectivity index (χ4n) is 8.24. The predicted molar refractivity (Wildman–Crippen MR) is 323 cm³/mol. The second-order valence-electron chi connectivity index (χ2n) is 20.8. The summed E-state index contributed by atoms with van der Waals surface area (Å²) in [6, 6.07) is 54.3. The van der Waals surface area contributed by atoms with Crippen LogP contribution in [0.3, 0.4) is 0 Å². The van der Waals surface area contributed by atoms with Crippen molar-refractivity contribution in [2.75, 3.05) is 16.4 Å². The number of anilines is 3. The Bertz CT molecular complexity index is 3940. The Morgan fingerprint density at radius 2 is 0.776 bits per heavy atom. The zero-order valence-electron chi connectivity index (χ0n) is 47.9. The van der Waals surface area contributed by atoms with Gasteiger partial charge >= 0.3 is 41.5 Å². The standard InChI is InChI=1S/C28H25N3O3.C24H17N3O3.C16H18N2O2.Na/c1-28(2,3)34-27(33)23-13-12-20(24-11-7-8-14-30-24)16-25(23)31-26(32)22-15-21(17-29-18-22)19-9-5-4-6-10-19;28-23(19-12-18(14-25-15-19)16-6-2-1-3-7-16)27-22-13-17(9-10-20(22)24(29)30)21-8-4-5-11-26-21;1-16(2,3)20-15(19)12-8-7-11(10-13(12)17)14-6-4-5-9-18-14;/h4-18H,1-3H3,(H,31,32);1-15H,(H,27,28)(H,29,30);4-10H,17H2,1-3H3;/q;;;+1/p-1. The number of nitrogens with two attached hydrogens (primary N) is 1. The molecule has 4 N–H and O–H groups in total. The van der Waals surface area contributed by atoms with Crippen LogP contribution in [-0.4, -0.2) is 65.8 Å². The maximum atomic E-state index is 13.2. The quantitative estimate of drug-likeness (QED) is 0.0586. The van der Waals surface area contributed by atoms with E-state index in [2.05, 4.69) is 35.6 Å². The molecule has 2 amide bonds. The van der Waals surface area contributed by atoms with Crippen molar-refractivity contribution < 1.29 is 68.1 Å². The third-order valence-corrected chi connectivity index (χ3v) is 12.1. The van der Waals surface area contributed by atoms with Gasteiger partial charge in [0.15, 0.2) is 0 Å². The maximum absolute atomic E-state index is 13.2. The number of carboxylic acids is 1. The van der Waals surface area contributed by atoms with E-state index in [4.69, 9.17) is 15.2 Å². The second-order valence-corrected chi connectivity index (χ2v) is 20.8. The first kappa shape index (κ1) is 62.6. The zero-order chi connectivity index (χ0) is 59.8. The van der Waals surface area contributed by atoms with E-state index in [0.29, 0.717) is 39.3 Å². The van der Waals surface area contributed by atoms with Crippen LogP contribution in [0.1, 0.15) is 93.3 Å². The van der Waals surface area contributed by atoms with Crippen LogP contribution in [0.15, 0.2) is 225 Å². The van der Waals surface area contributed by atoms with Gasteiger partial charge in [-0.1, -0.05) is 103 Å². The predicted octanol–water partition coefficient (Wildman–Crippen LogP) is 9.73. The van der Waals surface area contributed by atoms with Gasteiger partial charge in [0, 0.05) is 82.4 Å². The van der Waals surface area contributed by atoms with E-state index >= 15 is 0 Å². The summed E-state index contributed by atoms with van der Waals surface area (Å²) < 4.78 is 10.9. The number of esters is 2. The molecule has 0 aliphatic rings. The number of hydrogen-bond donors (Lipinski definition) is 3. The largest absolute Gasteiger partial charge is 1.00 e. The topological polar surface area (TPSA) is 241 Å². The minimum atomic E-state index is -1.38. The Balaban J connectivity index is 0.000000188. The monoisotopic (exact) mass is 1140 g/mol. The van der Waals surface area contributed by atoms with Crippen LogP contribution in [0.4, 0.5) is 17.1 Å². The molecule has 0 fully saturated rings. The molecule has 0 aliphatic heterocycles. The zero-order valence-corrected chi connectivity index (χ0v) is 49.9. The molecule has 0 radical (unpaired) electrons. The number of ether oxygens (including phenoxy) is 2. The van der Waals surface area contributed by atoms with Crippen molar-refractivity contribution in [3.8, 4) is 56.0 Å². The minimum Gasteiger partial charge on any atom is -0.545 e. The normalized spacial score (nSPS) is 10.7. The van der Waals surface area contributed by atoms with Gasteiger partial charge in [0.2, 0.25) is 0 Å². The average Bonchev–Trinajstić information content (AvgIpc) is 3.55. The summed E-state index contributed by atoms with van der Waals surface area (Å²) in [7, 11) is 0. The Morgan fingerprint density at radius 1 is 0.412 bits per heavy atom. The smallest absolute Gasteiger partial charge is 0.545 e. The molecule has 0 saturated carbocycles. The van der Waals surface area contributed by atoms with Crippen LogP contribution in [-0.2, 0) is 9.47 Å². The van der Waals surface area contributed by atoms with E-state index in [-0.39, 0.29) is 52.3 Å². The molecule has 0 saturated heterocycles. The molecule has 10 rings (SSSR count). The molecule has 5 aromatic carbocycles. The van der Waals surface area contributed by atoms with Crippen molar-refractivity contribution in [1.82, 2.24) is 24.9 Å². The van der Waals surface area contributed by atoms with Crippen molar-refractivity contribution in [3.05, 3.63) is 253 Å². The molecule has 0 unspecified atom stereocenters. The molecular formula is C68H59N8NaO8. The number of nitrogen functional groups attached to an aromatic ring is 1. The molecule has 5 heterocycles. The molecule has 17 heteroatoms.